The lowest BCUT2D eigenvalue weighted by atomic mass is 9.95. The van der Waals surface area contributed by atoms with Gasteiger partial charge in [0.05, 0.1) is 6.04 Å². The molecular formula is C17H30N2S2. The van der Waals surface area contributed by atoms with Crippen LogP contribution in [-0.4, -0.2) is 35.0 Å². The molecular weight excluding hydrogens is 296 g/mol. The number of hydrogen-bond donors (Lipinski definition) is 1. The van der Waals surface area contributed by atoms with Crippen LogP contribution in [0.25, 0.3) is 0 Å². The van der Waals surface area contributed by atoms with E-state index in [4.69, 9.17) is 5.73 Å². The van der Waals surface area contributed by atoms with Crippen LogP contribution in [-0.2, 0) is 5.41 Å². The zero-order valence-electron chi connectivity index (χ0n) is 14.1. The summed E-state index contributed by atoms with van der Waals surface area (Å²) >= 11 is 4.04. The van der Waals surface area contributed by atoms with E-state index in [0.717, 1.165) is 19.6 Å². The number of hydrogen-bond acceptors (Lipinski definition) is 4. The molecule has 0 saturated carbocycles. The molecule has 2 heterocycles. The van der Waals surface area contributed by atoms with Crippen molar-refractivity contribution in [3.8, 4) is 0 Å². The standard InChI is InChI=1S/C17H30N2S2/c1-16(2,3)15-7-6-14(21-15)13(12-18)19-9-8-17(4,5)20-11-10-19/h6-7,13H,8-12,18H2,1-5H3. The second kappa shape index (κ2) is 6.61. The van der Waals surface area contributed by atoms with Gasteiger partial charge in [-0.15, -0.1) is 11.3 Å². The average Bonchev–Trinajstić information content (AvgIpc) is 2.78. The topological polar surface area (TPSA) is 29.3 Å². The fraction of sp³-hybridized carbons (Fsp3) is 0.765. The van der Waals surface area contributed by atoms with Gasteiger partial charge in [0.2, 0.25) is 0 Å². The van der Waals surface area contributed by atoms with Crippen molar-refractivity contribution < 1.29 is 0 Å². The van der Waals surface area contributed by atoms with Crippen molar-refractivity contribution in [2.75, 3.05) is 25.4 Å². The Balaban J connectivity index is 2.14. The maximum absolute atomic E-state index is 6.13. The quantitative estimate of drug-likeness (QED) is 0.900. The molecule has 2 rings (SSSR count). The molecule has 1 atom stereocenters. The molecule has 0 spiro atoms. The molecule has 0 aromatic carbocycles. The van der Waals surface area contributed by atoms with Gasteiger partial charge < -0.3 is 5.73 Å². The van der Waals surface area contributed by atoms with Crippen molar-refractivity contribution in [2.45, 2.75) is 57.2 Å². The lowest BCUT2D eigenvalue weighted by molar-refractivity contribution is 0.213. The summed E-state index contributed by atoms with van der Waals surface area (Å²) in [5, 5.41) is 0. The zero-order valence-corrected chi connectivity index (χ0v) is 15.7. The lowest BCUT2D eigenvalue weighted by Gasteiger charge is -2.29. The Morgan fingerprint density at radius 2 is 2.00 bits per heavy atom. The van der Waals surface area contributed by atoms with E-state index < -0.39 is 0 Å². The van der Waals surface area contributed by atoms with Gasteiger partial charge in [-0.1, -0.05) is 34.6 Å². The van der Waals surface area contributed by atoms with Crippen molar-refractivity contribution in [3.63, 3.8) is 0 Å². The smallest absolute Gasteiger partial charge is 0.0564 e. The van der Waals surface area contributed by atoms with Crippen LogP contribution in [0.15, 0.2) is 12.1 Å². The second-order valence-electron chi connectivity index (χ2n) is 7.60. The molecule has 120 valence electrons. The SMILES string of the molecule is CC1(C)CCN(C(CN)c2ccc(C(C)(C)C)s2)CCS1. The molecule has 1 unspecified atom stereocenters. The first kappa shape index (κ1) is 17.3. The van der Waals surface area contributed by atoms with Gasteiger partial charge in [-0.3, -0.25) is 4.90 Å². The van der Waals surface area contributed by atoms with Crippen LogP contribution in [0.2, 0.25) is 0 Å². The minimum absolute atomic E-state index is 0.235. The van der Waals surface area contributed by atoms with Crippen LogP contribution in [0.3, 0.4) is 0 Å². The van der Waals surface area contributed by atoms with E-state index in [1.54, 1.807) is 0 Å². The van der Waals surface area contributed by atoms with Crippen molar-refractivity contribution in [3.05, 3.63) is 21.9 Å². The van der Waals surface area contributed by atoms with Gasteiger partial charge in [0.25, 0.3) is 0 Å². The highest BCUT2D eigenvalue weighted by Crippen LogP contribution is 2.37. The molecule has 2 nitrogen and oxygen atoms in total. The fourth-order valence-electron chi connectivity index (χ4n) is 2.73. The highest BCUT2D eigenvalue weighted by Gasteiger charge is 2.29. The molecule has 2 N–H and O–H groups in total. The monoisotopic (exact) mass is 326 g/mol. The molecule has 1 aromatic heterocycles. The lowest BCUT2D eigenvalue weighted by Crippen LogP contribution is -2.35. The minimum Gasteiger partial charge on any atom is -0.329 e. The summed E-state index contributed by atoms with van der Waals surface area (Å²) in [6.45, 7) is 14.6. The molecule has 21 heavy (non-hydrogen) atoms. The normalized spacial score (nSPS) is 22.0. The van der Waals surface area contributed by atoms with Gasteiger partial charge in [-0.05, 0) is 24.0 Å². The predicted octanol–water partition coefficient (Wildman–Crippen LogP) is 4.26. The molecule has 0 aliphatic carbocycles. The Morgan fingerprint density at radius 3 is 2.57 bits per heavy atom. The molecule has 1 aliphatic heterocycles. The Morgan fingerprint density at radius 1 is 1.29 bits per heavy atom. The van der Waals surface area contributed by atoms with E-state index >= 15 is 0 Å². The molecule has 0 radical (unpaired) electrons. The number of nitrogens with two attached hydrogens (primary N) is 1. The Labute approximate surface area is 138 Å². The summed E-state index contributed by atoms with van der Waals surface area (Å²) in [5.41, 5.74) is 6.37. The van der Waals surface area contributed by atoms with Gasteiger partial charge in [-0.2, -0.15) is 11.8 Å². The van der Waals surface area contributed by atoms with Gasteiger partial charge in [0, 0.05) is 39.9 Å². The van der Waals surface area contributed by atoms with Crippen molar-refractivity contribution >= 4 is 23.1 Å². The molecule has 4 heteroatoms. The predicted molar refractivity (Wildman–Crippen MR) is 97.5 cm³/mol. The van der Waals surface area contributed by atoms with Crippen LogP contribution in [0.5, 0.6) is 0 Å². The van der Waals surface area contributed by atoms with E-state index in [2.05, 4.69) is 63.4 Å². The second-order valence-corrected chi connectivity index (χ2v) is 10.5. The summed E-state index contributed by atoms with van der Waals surface area (Å²) in [6, 6.07) is 4.98. The summed E-state index contributed by atoms with van der Waals surface area (Å²) in [4.78, 5) is 5.49. The molecule has 1 aromatic rings. The van der Waals surface area contributed by atoms with E-state index in [-0.39, 0.29) is 5.41 Å². The molecule has 0 amide bonds. The van der Waals surface area contributed by atoms with Crippen LogP contribution in [0.1, 0.15) is 56.8 Å². The van der Waals surface area contributed by atoms with Gasteiger partial charge >= 0.3 is 0 Å². The first-order valence-corrected chi connectivity index (χ1v) is 9.71. The van der Waals surface area contributed by atoms with E-state index in [9.17, 15) is 0 Å². The van der Waals surface area contributed by atoms with Crippen LogP contribution in [0.4, 0.5) is 0 Å². The van der Waals surface area contributed by atoms with Crippen molar-refractivity contribution in [1.29, 1.82) is 0 Å². The number of nitrogens with zero attached hydrogens (tertiary/aromatic N) is 1. The highest BCUT2D eigenvalue weighted by atomic mass is 32.2. The van der Waals surface area contributed by atoms with E-state index in [0.29, 0.717) is 10.8 Å². The first-order valence-electron chi connectivity index (χ1n) is 7.91. The van der Waals surface area contributed by atoms with Crippen LogP contribution < -0.4 is 5.73 Å². The number of thioether (sulfide) groups is 1. The average molecular weight is 327 g/mol. The third-order valence-corrected chi connectivity index (χ3v) is 7.22. The van der Waals surface area contributed by atoms with Gasteiger partial charge in [-0.25, -0.2) is 0 Å². The van der Waals surface area contributed by atoms with Crippen LogP contribution in [0, 0.1) is 0 Å². The summed E-state index contributed by atoms with van der Waals surface area (Å²) in [5.74, 6) is 1.21. The maximum Gasteiger partial charge on any atom is 0.0564 e. The maximum atomic E-state index is 6.13. The Kier molecular flexibility index (Phi) is 5.45. The largest absolute Gasteiger partial charge is 0.329 e. The van der Waals surface area contributed by atoms with E-state index in [1.165, 1.54) is 21.9 Å². The van der Waals surface area contributed by atoms with Gasteiger partial charge in [0.15, 0.2) is 0 Å². The number of thiophene rings is 1. The van der Waals surface area contributed by atoms with Crippen molar-refractivity contribution in [2.24, 2.45) is 5.73 Å². The minimum atomic E-state index is 0.235. The summed E-state index contributed by atoms with van der Waals surface area (Å²) < 4.78 is 0.403. The Bertz CT molecular complexity index is 460. The van der Waals surface area contributed by atoms with Crippen LogP contribution >= 0.6 is 23.1 Å². The third kappa shape index (κ3) is 4.47. The first-order chi connectivity index (χ1) is 9.73. The molecule has 0 bridgehead atoms. The van der Waals surface area contributed by atoms with Crippen molar-refractivity contribution in [1.82, 2.24) is 4.90 Å². The highest BCUT2D eigenvalue weighted by molar-refractivity contribution is 8.00. The summed E-state index contributed by atoms with van der Waals surface area (Å²) in [6.07, 6.45) is 1.24. The molecule has 1 saturated heterocycles. The Hall–Kier alpha value is -0.0300. The van der Waals surface area contributed by atoms with Gasteiger partial charge in [0.1, 0.15) is 0 Å². The molecule has 1 fully saturated rings. The summed E-state index contributed by atoms with van der Waals surface area (Å²) in [7, 11) is 0. The number of rotatable bonds is 3. The fourth-order valence-corrected chi connectivity index (χ4v) is 5.06. The third-order valence-electron chi connectivity index (χ3n) is 4.23. The van der Waals surface area contributed by atoms with E-state index in [1.807, 2.05) is 11.3 Å². The molecule has 1 aliphatic rings. The zero-order chi connectivity index (χ0) is 15.7.